The summed E-state index contributed by atoms with van der Waals surface area (Å²) < 4.78 is 185. The third-order valence-corrected chi connectivity index (χ3v) is 17.2. The van der Waals surface area contributed by atoms with Crippen LogP contribution in [0.5, 0.6) is 0 Å². The first-order valence-electron chi connectivity index (χ1n) is 21.1. The van der Waals surface area contributed by atoms with Crippen molar-refractivity contribution in [2.24, 2.45) is 16.6 Å². The Labute approximate surface area is 384 Å². The first kappa shape index (κ1) is 50.0. The number of hydrogen-bond donors (Lipinski definition) is 3. The van der Waals surface area contributed by atoms with Crippen LogP contribution in [0.3, 0.4) is 0 Å². The zero-order valence-electron chi connectivity index (χ0n) is 36.0. The minimum atomic E-state index is -5.22. The number of hydrogen-bond acceptors (Lipinski definition) is 9. The van der Waals surface area contributed by atoms with Gasteiger partial charge in [-0.1, -0.05) is 30.7 Å². The van der Waals surface area contributed by atoms with Gasteiger partial charge in [-0.25, -0.2) is 34.4 Å². The van der Waals surface area contributed by atoms with Crippen LogP contribution in [0.25, 0.3) is 22.0 Å². The van der Waals surface area contributed by atoms with Gasteiger partial charge in [0.15, 0.2) is 15.7 Å². The van der Waals surface area contributed by atoms with Crippen LogP contribution in [-0.4, -0.2) is 83.5 Å². The van der Waals surface area contributed by atoms with Gasteiger partial charge in [0.05, 0.1) is 42.9 Å². The van der Waals surface area contributed by atoms with Crippen molar-refractivity contribution in [2.75, 3.05) is 11.3 Å². The van der Waals surface area contributed by atoms with E-state index in [0.29, 0.717) is 31.7 Å². The van der Waals surface area contributed by atoms with Gasteiger partial charge >= 0.3 is 6.18 Å². The van der Waals surface area contributed by atoms with E-state index in [2.05, 4.69) is 20.1 Å². The van der Waals surface area contributed by atoms with Crippen LogP contribution in [0.15, 0.2) is 58.7 Å². The van der Waals surface area contributed by atoms with E-state index >= 15 is 8.78 Å². The zero-order valence-corrected chi connectivity index (χ0v) is 38.4. The standard InChI is InChI=1S/C43H45ClF9N7O5S2/c1-21-18-42(49,50)39(34(21)38(54)43(51,52)53)55-19-33(61)57-31(16-22-14-23(45)17-24(46)15-22)36-28(9-4-25(56-36)12-13-41(2,3)66(62,63)26-5-6-26)29-10-11-30(44)35-37(29)60(20-32(47)48)58-40(35)59-67(64,65)27-7-8-27/h4,9-11,14-15,17,21,26-27,31-32H,5-8,12-13,16,18-20,54H2,1-3H3,(H,57,61)(H,58,59)/t21-,31-/m0/s1. The molecule has 3 saturated carbocycles. The maximum Gasteiger partial charge on any atom is 0.431 e. The Morgan fingerprint density at radius 1 is 0.985 bits per heavy atom. The lowest BCUT2D eigenvalue weighted by atomic mass is 9.93. The quantitative estimate of drug-likeness (QED) is 0.0879. The predicted molar refractivity (Wildman–Crippen MR) is 233 cm³/mol. The Bertz CT molecular complexity index is 2880. The van der Waals surface area contributed by atoms with Gasteiger partial charge in [-0.2, -0.15) is 27.1 Å². The number of aromatic nitrogens is 3. The molecule has 0 saturated heterocycles. The zero-order chi connectivity index (χ0) is 49.2. The Morgan fingerprint density at radius 3 is 2.21 bits per heavy atom. The maximum absolute atomic E-state index is 15.2. The van der Waals surface area contributed by atoms with Gasteiger partial charge in [-0.05, 0) is 94.5 Å². The molecule has 7 rings (SSSR count). The van der Waals surface area contributed by atoms with E-state index in [-0.39, 0.29) is 62.7 Å². The number of carbonyl (C=O) groups is 1. The molecule has 2 atom stereocenters. The average molecular weight is 1010 g/mol. The molecule has 1 amide bonds. The van der Waals surface area contributed by atoms with Crippen molar-refractivity contribution in [2.45, 2.75) is 118 Å². The summed E-state index contributed by atoms with van der Waals surface area (Å²) in [5, 5.41) is 5.22. The van der Waals surface area contributed by atoms with Gasteiger partial charge in [-0.3, -0.25) is 24.2 Å². The Hall–Kier alpha value is -4.90. The maximum atomic E-state index is 15.2. The van der Waals surface area contributed by atoms with Gasteiger partial charge in [0.1, 0.15) is 36.1 Å². The van der Waals surface area contributed by atoms with Crippen molar-refractivity contribution in [3.63, 3.8) is 0 Å². The molecule has 3 aliphatic carbocycles. The summed E-state index contributed by atoms with van der Waals surface area (Å²) >= 11 is 6.64. The van der Waals surface area contributed by atoms with E-state index < -0.39 is 126 Å². The van der Waals surface area contributed by atoms with E-state index in [1.807, 2.05) is 0 Å². The molecule has 67 heavy (non-hydrogen) atoms. The number of nitrogens with zero attached hydrogens (tertiary/aromatic N) is 4. The number of nitrogens with two attached hydrogens (primary N) is 1. The second-order valence-corrected chi connectivity index (χ2v) is 23.0. The molecule has 364 valence electrons. The van der Waals surface area contributed by atoms with Crippen LogP contribution in [0.4, 0.5) is 45.3 Å². The normalized spacial score (nSPS) is 19.9. The van der Waals surface area contributed by atoms with Crippen LogP contribution >= 0.6 is 11.6 Å². The Morgan fingerprint density at radius 2 is 1.61 bits per heavy atom. The van der Waals surface area contributed by atoms with Crippen molar-refractivity contribution < 1.29 is 61.1 Å². The van der Waals surface area contributed by atoms with Crippen molar-refractivity contribution in [1.29, 1.82) is 0 Å². The smallest absolute Gasteiger partial charge is 0.394 e. The van der Waals surface area contributed by atoms with E-state index in [0.717, 1.165) is 23.7 Å². The summed E-state index contributed by atoms with van der Waals surface area (Å²) in [6, 6.07) is 6.49. The van der Waals surface area contributed by atoms with Gasteiger partial charge < -0.3 is 11.1 Å². The molecule has 3 fully saturated rings. The van der Waals surface area contributed by atoms with E-state index in [1.54, 1.807) is 13.8 Å². The summed E-state index contributed by atoms with van der Waals surface area (Å²) in [7, 11) is -7.65. The van der Waals surface area contributed by atoms with Crippen LogP contribution in [-0.2, 0) is 44.0 Å². The number of amides is 1. The number of allylic oxidation sites excluding steroid dienone is 2. The molecule has 0 radical (unpaired) electrons. The van der Waals surface area contributed by atoms with Crippen molar-refractivity contribution in [1.82, 2.24) is 20.1 Å². The number of aryl methyl sites for hydroxylation is 1. The highest BCUT2D eigenvalue weighted by molar-refractivity contribution is 7.93. The molecule has 2 aromatic carbocycles. The van der Waals surface area contributed by atoms with Gasteiger partial charge in [0.2, 0.25) is 15.9 Å². The summed E-state index contributed by atoms with van der Waals surface area (Å²) in [5.74, 6) is -8.99. The SMILES string of the molecule is C[C@H]1CC(F)(F)C(=NCC(=O)N[C@@H](Cc2cc(F)cc(F)c2)c2nc(CCC(C)(C)S(=O)(=O)C3CC3)ccc2-c2ccc(Cl)c3c(NS(=O)(=O)C4CC4)nn(CC(F)F)c23)C1=C(N)C(F)(F)F. The number of fused-ring (bicyclic) bond motifs is 1. The lowest BCUT2D eigenvalue weighted by molar-refractivity contribution is -0.120. The Kier molecular flexibility index (Phi) is 13.6. The average Bonchev–Trinajstić information content (AvgIpc) is 4.14. The van der Waals surface area contributed by atoms with Crippen molar-refractivity contribution in [3.05, 3.63) is 87.3 Å². The number of aliphatic imine (C=N–C) groups is 1. The summed E-state index contributed by atoms with van der Waals surface area (Å²) in [4.78, 5) is 22.4. The third-order valence-electron chi connectivity index (χ3n) is 12.0. The first-order valence-corrected chi connectivity index (χ1v) is 24.5. The summed E-state index contributed by atoms with van der Waals surface area (Å²) in [5.41, 5.74) is 1.00. The monoisotopic (exact) mass is 1010 g/mol. The molecule has 0 spiro atoms. The van der Waals surface area contributed by atoms with Crippen molar-refractivity contribution >= 4 is 59.8 Å². The fourth-order valence-corrected chi connectivity index (χ4v) is 11.9. The first-order chi connectivity index (χ1) is 31.1. The molecule has 3 aliphatic rings. The lowest BCUT2D eigenvalue weighted by Crippen LogP contribution is -2.35. The van der Waals surface area contributed by atoms with Gasteiger partial charge in [0, 0.05) is 34.9 Å². The Balaban J connectivity index is 1.40. The number of nitrogens with one attached hydrogen (secondary N) is 2. The van der Waals surface area contributed by atoms with Crippen LogP contribution in [0.2, 0.25) is 5.02 Å². The molecular formula is C43H45ClF9N7O5S2. The topological polar surface area (TPSA) is 179 Å². The molecule has 4 N–H and O–H groups in total. The van der Waals surface area contributed by atoms with E-state index in [9.17, 15) is 52.4 Å². The summed E-state index contributed by atoms with van der Waals surface area (Å²) in [6.07, 6.45) is -8.17. The number of carbonyl (C=O) groups excluding carboxylic acids is 1. The van der Waals surface area contributed by atoms with E-state index in [4.69, 9.17) is 22.3 Å². The number of sulfone groups is 1. The fourth-order valence-electron chi connectivity index (χ4n) is 8.31. The number of sulfonamides is 1. The number of anilines is 1. The van der Waals surface area contributed by atoms with E-state index in [1.165, 1.54) is 24.3 Å². The minimum Gasteiger partial charge on any atom is -0.394 e. The molecule has 24 heteroatoms. The number of benzene rings is 2. The van der Waals surface area contributed by atoms with Gasteiger partial charge in [0.25, 0.3) is 12.3 Å². The molecule has 2 aromatic heterocycles. The highest BCUT2D eigenvalue weighted by Gasteiger charge is 2.52. The molecule has 4 aromatic rings. The molecule has 0 bridgehead atoms. The molecule has 0 aliphatic heterocycles. The number of pyridine rings is 1. The molecule has 2 heterocycles. The number of alkyl halides is 7. The van der Waals surface area contributed by atoms with Crippen LogP contribution in [0.1, 0.15) is 82.3 Å². The molecule has 12 nitrogen and oxygen atoms in total. The van der Waals surface area contributed by atoms with Gasteiger partial charge in [-0.15, -0.1) is 0 Å². The molecule has 0 unspecified atom stereocenters. The van der Waals surface area contributed by atoms with Crippen LogP contribution < -0.4 is 15.8 Å². The second-order valence-electron chi connectivity index (χ2n) is 17.7. The highest BCUT2D eigenvalue weighted by Crippen LogP contribution is 2.45. The largest absolute Gasteiger partial charge is 0.431 e. The predicted octanol–water partition coefficient (Wildman–Crippen LogP) is 8.78. The lowest BCUT2D eigenvalue weighted by Gasteiger charge is -2.26. The third kappa shape index (κ3) is 10.7. The second kappa shape index (κ2) is 18.2. The molecular weight excluding hydrogens is 965 g/mol. The minimum absolute atomic E-state index is 0.00934. The van der Waals surface area contributed by atoms with Crippen molar-refractivity contribution in [3.8, 4) is 11.1 Å². The highest BCUT2D eigenvalue weighted by atomic mass is 35.5. The van der Waals surface area contributed by atoms with Crippen LogP contribution in [0, 0.1) is 17.6 Å². The fraction of sp³-hybridized carbons (Fsp3) is 0.488. The number of halogens is 10. The number of rotatable bonds is 17. The summed E-state index contributed by atoms with van der Waals surface area (Å²) in [6.45, 7) is 1.91.